The maximum atomic E-state index is 4.21. The maximum absolute atomic E-state index is 4.21. The summed E-state index contributed by atoms with van der Waals surface area (Å²) >= 11 is 0. The Balaban J connectivity index is 2.23. The summed E-state index contributed by atoms with van der Waals surface area (Å²) < 4.78 is 2.24. The van der Waals surface area contributed by atoms with Crippen LogP contribution in [0.3, 0.4) is 0 Å². The molecule has 3 heteroatoms. The lowest BCUT2D eigenvalue weighted by Gasteiger charge is -2.16. The first-order valence-corrected chi connectivity index (χ1v) is 5.06. The Kier molecular flexibility index (Phi) is 2.36. The minimum atomic E-state index is 0.599. The molecule has 0 amide bonds. The van der Waals surface area contributed by atoms with Crippen molar-refractivity contribution in [2.24, 2.45) is 0 Å². The number of rotatable bonds is 2. The van der Waals surface area contributed by atoms with Crippen LogP contribution in [-0.2, 0) is 6.54 Å². The largest absolute Gasteiger partial charge is 0.335 e. The number of nitrogens with one attached hydrogen (secondary N) is 1. The molecule has 2 rings (SSSR count). The van der Waals surface area contributed by atoms with Crippen LogP contribution in [0.15, 0.2) is 12.5 Å². The lowest BCUT2D eigenvalue weighted by molar-refractivity contribution is 0.552. The van der Waals surface area contributed by atoms with Gasteiger partial charge in [-0.1, -0.05) is 0 Å². The Labute approximate surface area is 79.2 Å². The first-order chi connectivity index (χ1) is 6.33. The normalized spacial score (nSPS) is 28.2. The van der Waals surface area contributed by atoms with Crippen LogP contribution < -0.4 is 5.32 Å². The van der Waals surface area contributed by atoms with Gasteiger partial charge in [-0.3, -0.25) is 0 Å². The van der Waals surface area contributed by atoms with Crippen molar-refractivity contribution >= 4 is 0 Å². The van der Waals surface area contributed by atoms with Crippen molar-refractivity contribution in [3.8, 4) is 0 Å². The molecule has 0 spiro atoms. The second-order valence-corrected chi connectivity index (χ2v) is 3.74. The number of aromatic nitrogens is 2. The molecule has 1 N–H and O–H groups in total. The third-order valence-electron chi connectivity index (χ3n) is 2.99. The fraction of sp³-hybridized carbons (Fsp3) is 0.700. The van der Waals surface area contributed by atoms with Gasteiger partial charge >= 0.3 is 0 Å². The van der Waals surface area contributed by atoms with E-state index in [4.69, 9.17) is 0 Å². The lowest BCUT2D eigenvalue weighted by atomic mass is 9.98. The fourth-order valence-electron chi connectivity index (χ4n) is 2.17. The van der Waals surface area contributed by atoms with E-state index in [0.717, 1.165) is 13.1 Å². The van der Waals surface area contributed by atoms with Crippen molar-refractivity contribution in [2.45, 2.75) is 38.8 Å². The van der Waals surface area contributed by atoms with Gasteiger partial charge in [-0.25, -0.2) is 4.98 Å². The van der Waals surface area contributed by atoms with Crippen LogP contribution >= 0.6 is 0 Å². The average molecular weight is 179 g/mol. The molecule has 1 aliphatic heterocycles. The van der Waals surface area contributed by atoms with Crippen molar-refractivity contribution in [3.63, 3.8) is 0 Å². The first-order valence-electron chi connectivity index (χ1n) is 5.06. The Morgan fingerprint density at radius 2 is 2.54 bits per heavy atom. The van der Waals surface area contributed by atoms with Gasteiger partial charge in [0.15, 0.2) is 0 Å². The topological polar surface area (TPSA) is 29.9 Å². The van der Waals surface area contributed by atoms with E-state index in [0.29, 0.717) is 12.0 Å². The van der Waals surface area contributed by atoms with Crippen molar-refractivity contribution in [1.82, 2.24) is 14.9 Å². The van der Waals surface area contributed by atoms with Crippen LogP contribution in [0.4, 0.5) is 0 Å². The highest BCUT2D eigenvalue weighted by Crippen LogP contribution is 2.26. The molecule has 72 valence electrons. The van der Waals surface area contributed by atoms with Crippen molar-refractivity contribution in [3.05, 3.63) is 18.2 Å². The summed E-state index contributed by atoms with van der Waals surface area (Å²) in [4.78, 5) is 4.21. The highest BCUT2D eigenvalue weighted by molar-refractivity contribution is 5.11. The molecule has 1 aliphatic rings. The SMILES string of the molecule is CCn1cncc1C1CCNC1C. The summed E-state index contributed by atoms with van der Waals surface area (Å²) in [5, 5.41) is 3.47. The van der Waals surface area contributed by atoms with Gasteiger partial charge in [0.1, 0.15) is 0 Å². The molecular formula is C10H17N3. The Hall–Kier alpha value is -0.830. The molecule has 1 aromatic heterocycles. The lowest BCUT2D eigenvalue weighted by Crippen LogP contribution is -2.22. The van der Waals surface area contributed by atoms with Gasteiger partial charge in [0.05, 0.1) is 6.33 Å². The first kappa shape index (κ1) is 8.75. The number of nitrogens with zero attached hydrogens (tertiary/aromatic N) is 2. The minimum absolute atomic E-state index is 0.599. The zero-order chi connectivity index (χ0) is 9.26. The molecule has 0 aromatic carbocycles. The Morgan fingerprint density at radius 3 is 3.15 bits per heavy atom. The summed E-state index contributed by atoms with van der Waals surface area (Å²) in [6, 6.07) is 0.599. The minimum Gasteiger partial charge on any atom is -0.335 e. The molecule has 0 aliphatic carbocycles. The molecule has 2 atom stereocenters. The smallest absolute Gasteiger partial charge is 0.0948 e. The molecule has 13 heavy (non-hydrogen) atoms. The molecule has 2 unspecified atom stereocenters. The molecule has 1 fully saturated rings. The summed E-state index contributed by atoms with van der Waals surface area (Å²) in [6.07, 6.45) is 5.19. The molecule has 0 radical (unpaired) electrons. The van der Waals surface area contributed by atoms with E-state index in [1.54, 1.807) is 0 Å². The maximum Gasteiger partial charge on any atom is 0.0948 e. The average Bonchev–Trinajstić information content (AvgIpc) is 2.71. The third kappa shape index (κ3) is 1.48. The van der Waals surface area contributed by atoms with Gasteiger partial charge in [-0.2, -0.15) is 0 Å². The molecule has 1 aromatic rings. The van der Waals surface area contributed by atoms with Gasteiger partial charge < -0.3 is 9.88 Å². The second kappa shape index (κ2) is 3.50. The van der Waals surface area contributed by atoms with Gasteiger partial charge in [-0.05, 0) is 26.8 Å². The van der Waals surface area contributed by atoms with E-state index in [9.17, 15) is 0 Å². The Morgan fingerprint density at radius 1 is 1.69 bits per heavy atom. The summed E-state index contributed by atoms with van der Waals surface area (Å²) in [5.41, 5.74) is 1.39. The molecule has 1 saturated heterocycles. The number of aryl methyl sites for hydroxylation is 1. The number of hydrogen-bond acceptors (Lipinski definition) is 2. The standard InChI is InChI=1S/C10H17N3/c1-3-13-7-11-6-10(13)9-4-5-12-8(9)2/h6-9,12H,3-5H2,1-2H3. The van der Waals surface area contributed by atoms with E-state index in [2.05, 4.69) is 28.7 Å². The predicted octanol–water partition coefficient (Wildman–Crippen LogP) is 1.37. The van der Waals surface area contributed by atoms with Gasteiger partial charge in [0.25, 0.3) is 0 Å². The second-order valence-electron chi connectivity index (χ2n) is 3.74. The molecule has 0 saturated carbocycles. The van der Waals surface area contributed by atoms with Crippen LogP contribution in [0.1, 0.15) is 31.9 Å². The van der Waals surface area contributed by atoms with Crippen molar-refractivity contribution in [1.29, 1.82) is 0 Å². The van der Waals surface area contributed by atoms with Crippen molar-refractivity contribution < 1.29 is 0 Å². The van der Waals surface area contributed by atoms with Crippen LogP contribution in [0.5, 0.6) is 0 Å². The molecule has 0 bridgehead atoms. The molecule has 2 heterocycles. The summed E-state index contributed by atoms with van der Waals surface area (Å²) in [6.45, 7) is 6.59. The zero-order valence-corrected chi connectivity index (χ0v) is 8.33. The fourth-order valence-corrected chi connectivity index (χ4v) is 2.17. The monoisotopic (exact) mass is 179 g/mol. The van der Waals surface area contributed by atoms with E-state index in [1.165, 1.54) is 12.1 Å². The van der Waals surface area contributed by atoms with Crippen LogP contribution in [-0.4, -0.2) is 22.1 Å². The molecule has 3 nitrogen and oxygen atoms in total. The zero-order valence-electron chi connectivity index (χ0n) is 8.33. The quantitative estimate of drug-likeness (QED) is 0.743. The predicted molar refractivity (Wildman–Crippen MR) is 52.7 cm³/mol. The van der Waals surface area contributed by atoms with Crippen LogP contribution in [0, 0.1) is 0 Å². The third-order valence-corrected chi connectivity index (χ3v) is 2.99. The van der Waals surface area contributed by atoms with Crippen molar-refractivity contribution in [2.75, 3.05) is 6.54 Å². The number of hydrogen-bond donors (Lipinski definition) is 1. The van der Waals surface area contributed by atoms with E-state index in [1.807, 2.05) is 12.5 Å². The van der Waals surface area contributed by atoms with E-state index in [-0.39, 0.29) is 0 Å². The van der Waals surface area contributed by atoms with Crippen LogP contribution in [0.2, 0.25) is 0 Å². The molecular weight excluding hydrogens is 162 g/mol. The summed E-state index contributed by atoms with van der Waals surface area (Å²) in [5.74, 6) is 0.655. The van der Waals surface area contributed by atoms with E-state index < -0.39 is 0 Å². The number of imidazole rings is 1. The highest BCUT2D eigenvalue weighted by Gasteiger charge is 2.26. The van der Waals surface area contributed by atoms with E-state index >= 15 is 0 Å². The highest BCUT2D eigenvalue weighted by atomic mass is 15.1. The Bertz CT molecular complexity index is 279. The summed E-state index contributed by atoms with van der Waals surface area (Å²) in [7, 11) is 0. The van der Waals surface area contributed by atoms with Gasteiger partial charge in [0, 0.05) is 30.4 Å². The van der Waals surface area contributed by atoms with Gasteiger partial charge in [0.2, 0.25) is 0 Å². The van der Waals surface area contributed by atoms with Crippen LogP contribution in [0.25, 0.3) is 0 Å². The van der Waals surface area contributed by atoms with Gasteiger partial charge in [-0.15, -0.1) is 0 Å².